The Morgan fingerprint density at radius 3 is 2.25 bits per heavy atom. The van der Waals surface area contributed by atoms with Crippen LogP contribution in [0.1, 0.15) is 59.4 Å². The first-order valence-electron chi connectivity index (χ1n) is 9.07. The lowest BCUT2D eigenvalue weighted by atomic mass is 9.78. The molecule has 1 fully saturated rings. The van der Waals surface area contributed by atoms with Crippen molar-refractivity contribution in [3.63, 3.8) is 0 Å². The van der Waals surface area contributed by atoms with Gasteiger partial charge in [0.2, 0.25) is 0 Å². The monoisotopic (exact) mass is 332 g/mol. The second kappa shape index (κ2) is 8.02. The third-order valence-corrected chi connectivity index (χ3v) is 4.69. The average molecular weight is 332 g/mol. The number of hydrogen-bond donors (Lipinski definition) is 2. The lowest BCUT2D eigenvalue weighted by molar-refractivity contribution is 0.0636. The van der Waals surface area contributed by atoms with Gasteiger partial charge < -0.3 is 10.1 Å². The van der Waals surface area contributed by atoms with E-state index in [0.717, 1.165) is 24.1 Å². The topological polar surface area (TPSA) is 50.4 Å². The molecule has 1 saturated carbocycles. The molecule has 0 bridgehead atoms. The lowest BCUT2D eigenvalue weighted by Crippen LogP contribution is -2.42. The van der Waals surface area contributed by atoms with E-state index in [1.54, 1.807) is 0 Å². The Morgan fingerprint density at radius 1 is 1.12 bits per heavy atom. The summed E-state index contributed by atoms with van der Waals surface area (Å²) in [6.45, 7) is 11.1. The zero-order chi connectivity index (χ0) is 17.7. The van der Waals surface area contributed by atoms with Gasteiger partial charge in [-0.3, -0.25) is 5.32 Å². The van der Waals surface area contributed by atoms with Crippen LogP contribution >= 0.6 is 0 Å². The average Bonchev–Trinajstić information content (AvgIpc) is 2.46. The summed E-state index contributed by atoms with van der Waals surface area (Å²) >= 11 is 0. The first kappa shape index (κ1) is 18.8. The van der Waals surface area contributed by atoms with Gasteiger partial charge in [-0.2, -0.15) is 0 Å². The van der Waals surface area contributed by atoms with Crippen LogP contribution in [-0.4, -0.2) is 17.7 Å². The molecule has 0 radical (unpaired) electrons. The summed E-state index contributed by atoms with van der Waals surface area (Å²) in [5, 5.41) is 6.48. The molecule has 134 valence electrons. The highest BCUT2D eigenvalue weighted by Crippen LogP contribution is 2.29. The molecule has 0 aliphatic heterocycles. The van der Waals surface area contributed by atoms with E-state index in [0.29, 0.717) is 6.04 Å². The zero-order valence-electron chi connectivity index (χ0n) is 15.7. The Balaban J connectivity index is 1.84. The molecule has 24 heavy (non-hydrogen) atoms. The highest BCUT2D eigenvalue weighted by Gasteiger charge is 2.26. The van der Waals surface area contributed by atoms with Crippen molar-refractivity contribution in [2.75, 3.05) is 5.32 Å². The van der Waals surface area contributed by atoms with Gasteiger partial charge in [0.25, 0.3) is 0 Å². The summed E-state index contributed by atoms with van der Waals surface area (Å²) in [7, 11) is 0. The molecule has 1 aromatic rings. The number of rotatable bonds is 4. The van der Waals surface area contributed by atoms with Gasteiger partial charge in [0.15, 0.2) is 0 Å². The number of amides is 1. The molecule has 4 heteroatoms. The predicted molar refractivity (Wildman–Crippen MR) is 99.1 cm³/mol. The van der Waals surface area contributed by atoms with Crippen LogP contribution in [0.5, 0.6) is 0 Å². The normalized spacial score (nSPS) is 24.5. The Bertz CT molecular complexity index is 524. The van der Waals surface area contributed by atoms with Gasteiger partial charge in [-0.05, 0) is 63.1 Å². The Hall–Kier alpha value is -1.55. The summed E-state index contributed by atoms with van der Waals surface area (Å²) in [4.78, 5) is 11.8. The summed E-state index contributed by atoms with van der Waals surface area (Å²) in [5.41, 5.74) is 1.50. The molecule has 0 aromatic heterocycles. The van der Waals surface area contributed by atoms with Gasteiger partial charge in [-0.25, -0.2) is 4.79 Å². The van der Waals surface area contributed by atoms with Crippen LogP contribution in [0.25, 0.3) is 0 Å². The molecule has 0 heterocycles. The second-order valence-corrected chi connectivity index (χ2v) is 8.12. The molecular weight excluding hydrogens is 300 g/mol. The fourth-order valence-electron chi connectivity index (χ4n) is 3.45. The van der Waals surface area contributed by atoms with Gasteiger partial charge in [-0.1, -0.05) is 32.4 Å². The minimum Gasteiger partial charge on any atom is -0.444 e. The van der Waals surface area contributed by atoms with Gasteiger partial charge in [0, 0.05) is 18.3 Å². The van der Waals surface area contributed by atoms with E-state index in [2.05, 4.69) is 36.6 Å². The minimum atomic E-state index is -0.485. The first-order valence-corrected chi connectivity index (χ1v) is 9.07. The van der Waals surface area contributed by atoms with Gasteiger partial charge in [0.1, 0.15) is 5.60 Å². The van der Waals surface area contributed by atoms with Crippen LogP contribution in [0.15, 0.2) is 24.3 Å². The molecule has 2 atom stereocenters. The number of ether oxygens (including phenoxy) is 1. The number of carbonyl (C=O) groups excluding carboxylic acids is 1. The standard InChI is InChI=1S/C20H32N2O2/c1-14-7-6-8-15(2)18(14)21-13-16-9-11-17(12-10-16)22-19(23)24-20(3,4)5/h9-12,14-15,18,21H,6-8,13H2,1-5H3,(H,22,23). The predicted octanol–water partition coefficient (Wildman–Crippen LogP) is 4.95. The van der Waals surface area contributed by atoms with E-state index in [9.17, 15) is 4.79 Å². The van der Waals surface area contributed by atoms with Gasteiger partial charge in [0.05, 0.1) is 0 Å². The number of benzene rings is 1. The van der Waals surface area contributed by atoms with E-state index in [1.165, 1.54) is 24.8 Å². The first-order chi connectivity index (χ1) is 11.2. The Labute approximate surface area is 146 Å². The molecule has 2 N–H and O–H groups in total. The quantitative estimate of drug-likeness (QED) is 0.820. The molecule has 0 saturated heterocycles. The van der Waals surface area contributed by atoms with Crippen LogP contribution in [0.2, 0.25) is 0 Å². The zero-order valence-corrected chi connectivity index (χ0v) is 15.7. The number of hydrogen-bond acceptors (Lipinski definition) is 3. The second-order valence-electron chi connectivity index (χ2n) is 8.12. The van der Waals surface area contributed by atoms with E-state index in [-0.39, 0.29) is 0 Å². The van der Waals surface area contributed by atoms with Crippen molar-refractivity contribution >= 4 is 11.8 Å². The van der Waals surface area contributed by atoms with E-state index in [4.69, 9.17) is 4.74 Å². The van der Waals surface area contributed by atoms with Crippen LogP contribution in [-0.2, 0) is 11.3 Å². The maximum Gasteiger partial charge on any atom is 0.412 e. The Morgan fingerprint density at radius 2 is 1.71 bits per heavy atom. The van der Waals surface area contributed by atoms with Crippen LogP contribution in [0, 0.1) is 11.8 Å². The minimum absolute atomic E-state index is 0.418. The van der Waals surface area contributed by atoms with E-state index >= 15 is 0 Å². The molecule has 1 aliphatic carbocycles. The number of nitrogens with one attached hydrogen (secondary N) is 2. The molecule has 1 aromatic carbocycles. The molecule has 4 nitrogen and oxygen atoms in total. The van der Waals surface area contributed by atoms with Crippen molar-refractivity contribution in [2.45, 2.75) is 72.1 Å². The third kappa shape index (κ3) is 5.82. The summed E-state index contributed by atoms with van der Waals surface area (Å²) < 4.78 is 5.26. The lowest BCUT2D eigenvalue weighted by Gasteiger charge is -2.35. The van der Waals surface area contributed by atoms with Crippen molar-refractivity contribution in [3.8, 4) is 0 Å². The van der Waals surface area contributed by atoms with Crippen LogP contribution < -0.4 is 10.6 Å². The van der Waals surface area contributed by atoms with Crippen molar-refractivity contribution in [1.82, 2.24) is 5.32 Å². The Kier molecular flexibility index (Phi) is 6.27. The van der Waals surface area contributed by atoms with Crippen molar-refractivity contribution in [3.05, 3.63) is 29.8 Å². The van der Waals surface area contributed by atoms with Gasteiger partial charge in [-0.15, -0.1) is 0 Å². The summed E-state index contributed by atoms with van der Waals surface area (Å²) in [6, 6.07) is 8.55. The summed E-state index contributed by atoms with van der Waals surface area (Å²) in [5.74, 6) is 1.48. The van der Waals surface area contributed by atoms with E-state index < -0.39 is 11.7 Å². The fourth-order valence-corrected chi connectivity index (χ4v) is 3.45. The molecule has 1 amide bonds. The van der Waals surface area contributed by atoms with Crippen molar-refractivity contribution in [1.29, 1.82) is 0 Å². The van der Waals surface area contributed by atoms with Crippen LogP contribution in [0.4, 0.5) is 10.5 Å². The molecular formula is C20H32N2O2. The highest BCUT2D eigenvalue weighted by molar-refractivity contribution is 5.84. The number of carbonyl (C=O) groups is 1. The summed E-state index contributed by atoms with van der Waals surface area (Å²) in [6.07, 6.45) is 3.57. The molecule has 2 unspecified atom stereocenters. The van der Waals surface area contributed by atoms with E-state index in [1.807, 2.05) is 32.9 Å². The smallest absolute Gasteiger partial charge is 0.412 e. The molecule has 0 spiro atoms. The SMILES string of the molecule is CC1CCCC(C)C1NCc1ccc(NC(=O)OC(C)(C)C)cc1. The highest BCUT2D eigenvalue weighted by atomic mass is 16.6. The van der Waals surface area contributed by atoms with Crippen LogP contribution in [0.3, 0.4) is 0 Å². The number of anilines is 1. The maximum absolute atomic E-state index is 11.8. The van der Waals surface area contributed by atoms with Gasteiger partial charge >= 0.3 is 6.09 Å². The van der Waals surface area contributed by atoms with Crippen molar-refractivity contribution < 1.29 is 9.53 Å². The third-order valence-electron chi connectivity index (χ3n) is 4.69. The van der Waals surface area contributed by atoms with Crippen molar-refractivity contribution in [2.24, 2.45) is 11.8 Å². The maximum atomic E-state index is 11.8. The fraction of sp³-hybridized carbons (Fsp3) is 0.650. The molecule has 1 aliphatic rings. The molecule has 2 rings (SSSR count). The largest absolute Gasteiger partial charge is 0.444 e.